The highest BCUT2D eigenvalue weighted by Crippen LogP contribution is 2.20. The monoisotopic (exact) mass is 391 g/mol. The molecule has 1 unspecified atom stereocenters. The van der Waals surface area contributed by atoms with Crippen molar-refractivity contribution in [2.24, 2.45) is 0 Å². The number of aromatic nitrogens is 4. The van der Waals surface area contributed by atoms with E-state index in [1.165, 1.54) is 11.6 Å². The van der Waals surface area contributed by atoms with Crippen LogP contribution in [-0.2, 0) is 20.9 Å². The van der Waals surface area contributed by atoms with Crippen molar-refractivity contribution in [1.82, 2.24) is 25.1 Å². The minimum absolute atomic E-state index is 0.0596. The molecule has 2 aromatic carbocycles. The molecule has 9 heteroatoms. The number of alkyl carbamates (subject to hydrolysis) is 1. The van der Waals surface area contributed by atoms with Crippen LogP contribution < -0.4 is 5.32 Å². The number of nitrogens with one attached hydrogen (secondary N) is 1. The maximum Gasteiger partial charge on any atom is 0.408 e. The summed E-state index contributed by atoms with van der Waals surface area (Å²) >= 11 is 0. The summed E-state index contributed by atoms with van der Waals surface area (Å²) in [7, 11) is 1.22. The lowest BCUT2D eigenvalue weighted by Crippen LogP contribution is -2.36. The lowest BCUT2D eigenvalue weighted by atomic mass is 10.2. The molecule has 1 amide bonds. The van der Waals surface area contributed by atoms with Crippen molar-refractivity contribution in [2.75, 3.05) is 7.11 Å². The zero-order chi connectivity index (χ0) is 20.2. The number of ether oxygens (including phenoxy) is 2. The molecule has 1 atom stereocenters. The number of hydrogen-bond acceptors (Lipinski definition) is 7. The first kappa shape index (κ1) is 18.4. The van der Waals surface area contributed by atoms with Crippen molar-refractivity contribution in [3.8, 4) is 0 Å². The summed E-state index contributed by atoms with van der Waals surface area (Å²) in [4.78, 5) is 24.6. The molecule has 0 radical (unpaired) electrons. The number of methoxy groups -OCH3 is 1. The first-order chi connectivity index (χ1) is 14.2. The Bertz CT molecular complexity index is 1180. The fraction of sp³-hybridized carbons (Fsp3) is 0.150. The van der Waals surface area contributed by atoms with Crippen LogP contribution in [0.3, 0.4) is 0 Å². The predicted octanol–water partition coefficient (Wildman–Crippen LogP) is 2.42. The van der Waals surface area contributed by atoms with Gasteiger partial charge in [-0.25, -0.2) is 9.59 Å². The van der Waals surface area contributed by atoms with E-state index in [9.17, 15) is 9.59 Å². The first-order valence-corrected chi connectivity index (χ1v) is 8.81. The lowest BCUT2D eigenvalue weighted by molar-refractivity contribution is -0.143. The fourth-order valence-electron chi connectivity index (χ4n) is 2.92. The highest BCUT2D eigenvalue weighted by molar-refractivity contribution is 5.93. The second-order valence-electron chi connectivity index (χ2n) is 6.19. The number of fused-ring (bicyclic) bond motifs is 3. The minimum atomic E-state index is -1.23. The minimum Gasteiger partial charge on any atom is -0.467 e. The van der Waals surface area contributed by atoms with Crippen LogP contribution in [0.2, 0.25) is 0 Å². The molecule has 0 bridgehead atoms. The number of rotatable bonds is 5. The highest BCUT2D eigenvalue weighted by Gasteiger charge is 2.30. The second-order valence-corrected chi connectivity index (χ2v) is 6.19. The number of nitrogens with zero attached hydrogens (tertiary/aromatic N) is 4. The SMILES string of the molecule is COC(=O)C(NC(=O)OCc1ccccc1)c1nnc2c3ccccc3cnn12. The van der Waals surface area contributed by atoms with Crippen molar-refractivity contribution < 1.29 is 19.1 Å². The van der Waals surface area contributed by atoms with Crippen molar-refractivity contribution in [2.45, 2.75) is 12.6 Å². The third kappa shape index (κ3) is 3.70. The second kappa shape index (κ2) is 7.93. The Balaban J connectivity index is 1.61. The number of esters is 1. The van der Waals surface area contributed by atoms with Crippen LogP contribution in [0.1, 0.15) is 17.4 Å². The molecule has 1 N–H and O–H groups in total. The van der Waals surface area contributed by atoms with Gasteiger partial charge >= 0.3 is 12.1 Å². The number of amides is 1. The summed E-state index contributed by atoms with van der Waals surface area (Å²) in [6.07, 6.45) is 0.846. The summed E-state index contributed by atoms with van der Waals surface area (Å²) in [5, 5.41) is 16.7. The average Bonchev–Trinajstić information content (AvgIpc) is 3.20. The van der Waals surface area contributed by atoms with Crippen LogP contribution in [0.5, 0.6) is 0 Å². The van der Waals surface area contributed by atoms with E-state index in [0.717, 1.165) is 16.3 Å². The van der Waals surface area contributed by atoms with Gasteiger partial charge in [-0.1, -0.05) is 54.6 Å². The van der Waals surface area contributed by atoms with E-state index in [1.807, 2.05) is 54.6 Å². The van der Waals surface area contributed by atoms with Crippen molar-refractivity contribution in [3.05, 3.63) is 72.2 Å². The van der Waals surface area contributed by atoms with Gasteiger partial charge in [0.25, 0.3) is 0 Å². The molecule has 0 saturated carbocycles. The Kier molecular flexibility index (Phi) is 5.02. The Morgan fingerprint density at radius 3 is 2.62 bits per heavy atom. The molecule has 4 rings (SSSR count). The van der Waals surface area contributed by atoms with Gasteiger partial charge in [-0.3, -0.25) is 0 Å². The van der Waals surface area contributed by atoms with Crippen molar-refractivity contribution in [3.63, 3.8) is 0 Å². The molecule has 0 aliphatic heterocycles. The van der Waals surface area contributed by atoms with Gasteiger partial charge in [0.15, 0.2) is 17.5 Å². The Morgan fingerprint density at radius 1 is 1.07 bits per heavy atom. The van der Waals surface area contributed by atoms with Gasteiger partial charge in [0.1, 0.15) is 6.61 Å². The topological polar surface area (TPSA) is 108 Å². The first-order valence-electron chi connectivity index (χ1n) is 8.81. The molecule has 4 aromatic rings. The molecule has 0 saturated heterocycles. The predicted molar refractivity (Wildman–Crippen MR) is 103 cm³/mol. The molecule has 2 heterocycles. The van der Waals surface area contributed by atoms with Gasteiger partial charge in [-0.15, -0.1) is 10.2 Å². The van der Waals surface area contributed by atoms with E-state index in [1.54, 1.807) is 6.20 Å². The van der Waals surface area contributed by atoms with Crippen LogP contribution >= 0.6 is 0 Å². The number of carbonyl (C=O) groups excluding carboxylic acids is 2. The quantitative estimate of drug-likeness (QED) is 0.521. The third-order valence-electron chi connectivity index (χ3n) is 4.35. The molecular weight excluding hydrogens is 374 g/mol. The number of benzene rings is 2. The summed E-state index contributed by atoms with van der Waals surface area (Å²) in [5.74, 6) is -0.597. The largest absolute Gasteiger partial charge is 0.467 e. The van der Waals surface area contributed by atoms with Gasteiger partial charge < -0.3 is 14.8 Å². The maximum absolute atomic E-state index is 12.3. The molecular formula is C20H17N5O4. The fourth-order valence-corrected chi connectivity index (χ4v) is 2.92. The molecule has 146 valence electrons. The molecule has 2 aromatic heterocycles. The summed E-state index contributed by atoms with van der Waals surface area (Å²) < 4.78 is 11.4. The Labute approximate surface area is 165 Å². The van der Waals surface area contributed by atoms with Gasteiger partial charge in [0.2, 0.25) is 0 Å². The van der Waals surface area contributed by atoms with Crippen molar-refractivity contribution >= 4 is 28.5 Å². The molecule has 0 fully saturated rings. The summed E-state index contributed by atoms with van der Waals surface area (Å²) in [5.41, 5.74) is 1.28. The van der Waals surface area contributed by atoms with Gasteiger partial charge in [-0.2, -0.15) is 9.61 Å². The molecule has 0 aliphatic rings. The Morgan fingerprint density at radius 2 is 1.83 bits per heavy atom. The third-order valence-corrected chi connectivity index (χ3v) is 4.35. The summed E-state index contributed by atoms with van der Waals surface area (Å²) in [6, 6.07) is 15.5. The lowest BCUT2D eigenvalue weighted by Gasteiger charge is -2.15. The smallest absolute Gasteiger partial charge is 0.408 e. The maximum atomic E-state index is 12.3. The van der Waals surface area contributed by atoms with Crippen LogP contribution in [0.4, 0.5) is 4.79 Å². The van der Waals surface area contributed by atoms with Crippen LogP contribution in [0.25, 0.3) is 16.4 Å². The van der Waals surface area contributed by atoms with E-state index in [4.69, 9.17) is 9.47 Å². The molecule has 9 nitrogen and oxygen atoms in total. The standard InChI is InChI=1S/C20H17N5O4/c1-28-19(26)16(22-20(27)29-12-13-7-3-2-4-8-13)18-24-23-17-15-10-6-5-9-14(15)11-21-25(17)18/h2-11,16H,12H2,1H3,(H,22,27). The molecule has 0 spiro atoms. The van der Waals surface area contributed by atoms with E-state index in [2.05, 4.69) is 20.6 Å². The van der Waals surface area contributed by atoms with E-state index < -0.39 is 18.1 Å². The Hall–Kier alpha value is -4.01. The van der Waals surface area contributed by atoms with Crippen LogP contribution in [0.15, 0.2) is 60.8 Å². The van der Waals surface area contributed by atoms with E-state index in [0.29, 0.717) is 5.65 Å². The number of carbonyl (C=O) groups is 2. The average molecular weight is 391 g/mol. The zero-order valence-electron chi connectivity index (χ0n) is 15.5. The molecule has 29 heavy (non-hydrogen) atoms. The van der Waals surface area contributed by atoms with Gasteiger partial charge in [-0.05, 0) is 5.56 Å². The van der Waals surface area contributed by atoms with E-state index >= 15 is 0 Å². The zero-order valence-corrected chi connectivity index (χ0v) is 15.5. The number of hydrogen-bond donors (Lipinski definition) is 1. The van der Waals surface area contributed by atoms with Crippen LogP contribution in [-0.4, -0.2) is 39.0 Å². The van der Waals surface area contributed by atoms with E-state index in [-0.39, 0.29) is 12.4 Å². The highest BCUT2D eigenvalue weighted by atomic mass is 16.6. The van der Waals surface area contributed by atoms with Gasteiger partial charge in [0, 0.05) is 10.8 Å². The normalized spacial score (nSPS) is 11.9. The van der Waals surface area contributed by atoms with Crippen LogP contribution in [0, 0.1) is 0 Å². The molecule has 0 aliphatic carbocycles. The van der Waals surface area contributed by atoms with Crippen molar-refractivity contribution in [1.29, 1.82) is 0 Å². The summed E-state index contributed by atoms with van der Waals surface area (Å²) in [6.45, 7) is 0.0596. The van der Waals surface area contributed by atoms with Gasteiger partial charge in [0.05, 0.1) is 13.3 Å².